The molecule has 0 radical (unpaired) electrons. The van der Waals surface area contributed by atoms with E-state index in [2.05, 4.69) is 11.4 Å². The zero-order valence-electron chi connectivity index (χ0n) is 13.3. The molecule has 0 bridgehead atoms. The Labute approximate surface area is 138 Å². The molecule has 0 aromatic carbocycles. The minimum absolute atomic E-state index is 0.0397. The Morgan fingerprint density at radius 1 is 1.33 bits per heavy atom. The highest BCUT2D eigenvalue weighted by Crippen LogP contribution is 2.71. The Morgan fingerprint density at radius 2 is 2.00 bits per heavy atom. The first kappa shape index (κ1) is 17.1. The molecule has 0 aromatic rings. The molecule has 2 amide bonds. The van der Waals surface area contributed by atoms with Gasteiger partial charge in [0, 0.05) is 12.0 Å². The molecule has 5 nitrogen and oxygen atoms in total. The maximum absolute atomic E-state index is 12.6. The smallest absolute Gasteiger partial charge is 0.343 e. The zero-order chi connectivity index (χ0) is 17.6. The van der Waals surface area contributed by atoms with Crippen LogP contribution >= 0.6 is 0 Å². The van der Waals surface area contributed by atoms with Crippen LogP contribution in [0.3, 0.4) is 0 Å². The third kappa shape index (κ3) is 2.74. The lowest BCUT2D eigenvalue weighted by atomic mass is 9.90. The molecule has 1 N–H and O–H groups in total. The Morgan fingerprint density at radius 3 is 2.58 bits per heavy atom. The van der Waals surface area contributed by atoms with Gasteiger partial charge in [-0.2, -0.15) is 18.4 Å². The fourth-order valence-electron chi connectivity index (χ4n) is 4.38. The summed E-state index contributed by atoms with van der Waals surface area (Å²) >= 11 is 0. The molecule has 2 atom stereocenters. The average Bonchev–Trinajstić information content (AvgIpc) is 2.88. The molecular formula is C16H20F3N3O2. The first-order valence-corrected chi connectivity index (χ1v) is 8.31. The van der Waals surface area contributed by atoms with E-state index in [1.54, 1.807) is 0 Å². The van der Waals surface area contributed by atoms with Crippen molar-refractivity contribution in [1.29, 1.82) is 5.26 Å². The van der Waals surface area contributed by atoms with E-state index >= 15 is 0 Å². The number of amides is 2. The quantitative estimate of drug-likeness (QED) is 0.853. The molecule has 2 aliphatic carbocycles. The predicted molar refractivity (Wildman–Crippen MR) is 77.4 cm³/mol. The minimum Gasteiger partial charge on any atom is -0.343 e. The van der Waals surface area contributed by atoms with E-state index in [0.29, 0.717) is 19.3 Å². The number of piperidine rings is 1. The van der Waals surface area contributed by atoms with E-state index in [0.717, 1.165) is 30.6 Å². The molecular weight excluding hydrogens is 323 g/mol. The van der Waals surface area contributed by atoms with Crippen molar-refractivity contribution in [2.45, 2.75) is 57.2 Å². The molecule has 1 aliphatic heterocycles. The number of carbonyl (C=O) groups excluding carboxylic acids is 2. The molecule has 1 heterocycles. The van der Waals surface area contributed by atoms with Gasteiger partial charge in [-0.15, -0.1) is 0 Å². The molecule has 3 fully saturated rings. The largest absolute Gasteiger partial charge is 0.406 e. The van der Waals surface area contributed by atoms with Gasteiger partial charge >= 0.3 is 6.18 Å². The third-order valence-corrected chi connectivity index (χ3v) is 5.73. The predicted octanol–water partition coefficient (Wildman–Crippen LogP) is 2.13. The van der Waals surface area contributed by atoms with Gasteiger partial charge in [-0.25, -0.2) is 0 Å². The van der Waals surface area contributed by atoms with Crippen LogP contribution in [-0.4, -0.2) is 42.0 Å². The normalized spacial score (nSPS) is 31.8. The second-order valence-corrected chi connectivity index (χ2v) is 7.22. The van der Waals surface area contributed by atoms with Gasteiger partial charge in [0.1, 0.15) is 18.0 Å². The number of hydrogen-bond donors (Lipinski definition) is 1. The van der Waals surface area contributed by atoms with E-state index in [9.17, 15) is 28.0 Å². The van der Waals surface area contributed by atoms with Crippen molar-refractivity contribution in [3.63, 3.8) is 0 Å². The summed E-state index contributed by atoms with van der Waals surface area (Å²) in [6.07, 6.45) is 0.372. The number of nitrogens with one attached hydrogen (secondary N) is 1. The molecule has 3 rings (SSSR count). The van der Waals surface area contributed by atoms with Crippen molar-refractivity contribution in [2.24, 2.45) is 10.8 Å². The van der Waals surface area contributed by atoms with Gasteiger partial charge in [0.05, 0.1) is 6.07 Å². The van der Waals surface area contributed by atoms with Crippen molar-refractivity contribution in [2.75, 3.05) is 13.1 Å². The van der Waals surface area contributed by atoms with Crippen LogP contribution in [0.4, 0.5) is 13.2 Å². The summed E-state index contributed by atoms with van der Waals surface area (Å²) in [5.41, 5.74) is -1.38. The van der Waals surface area contributed by atoms with Gasteiger partial charge in [0.2, 0.25) is 11.8 Å². The van der Waals surface area contributed by atoms with E-state index in [1.165, 1.54) is 0 Å². The summed E-state index contributed by atoms with van der Waals surface area (Å²) in [6, 6.07) is 1.16. The van der Waals surface area contributed by atoms with Crippen LogP contribution in [0, 0.1) is 22.2 Å². The van der Waals surface area contributed by atoms with Crippen LogP contribution in [0.15, 0.2) is 0 Å². The number of nitriles is 1. The van der Waals surface area contributed by atoms with Crippen LogP contribution in [0.2, 0.25) is 0 Å². The lowest BCUT2D eigenvalue weighted by Gasteiger charge is -2.33. The molecule has 1 spiro atoms. The Balaban J connectivity index is 1.66. The summed E-state index contributed by atoms with van der Waals surface area (Å²) in [5, 5.41) is 12.1. The highest BCUT2D eigenvalue weighted by molar-refractivity contribution is 5.94. The van der Waals surface area contributed by atoms with Gasteiger partial charge in [-0.1, -0.05) is 12.8 Å². The van der Waals surface area contributed by atoms with Crippen LogP contribution < -0.4 is 5.32 Å². The van der Waals surface area contributed by atoms with Crippen molar-refractivity contribution in [3.05, 3.63) is 0 Å². The monoisotopic (exact) mass is 343 g/mol. The van der Waals surface area contributed by atoms with Gasteiger partial charge in [0.25, 0.3) is 0 Å². The molecule has 132 valence electrons. The Kier molecular flexibility index (Phi) is 4.01. The summed E-state index contributed by atoms with van der Waals surface area (Å²) in [5.74, 6) is -1.19. The number of likely N-dealkylation sites (tertiary alicyclic amines) is 1. The second kappa shape index (κ2) is 5.64. The van der Waals surface area contributed by atoms with Crippen LogP contribution in [0.1, 0.15) is 44.9 Å². The van der Waals surface area contributed by atoms with E-state index in [1.807, 2.05) is 0 Å². The number of alkyl halides is 3. The fraction of sp³-hybridized carbons (Fsp3) is 0.812. The van der Waals surface area contributed by atoms with Gasteiger partial charge in [-0.3, -0.25) is 9.59 Å². The van der Waals surface area contributed by atoms with E-state index < -0.39 is 36.0 Å². The highest BCUT2D eigenvalue weighted by Gasteiger charge is 2.73. The van der Waals surface area contributed by atoms with Crippen LogP contribution in [0.25, 0.3) is 0 Å². The van der Waals surface area contributed by atoms with Crippen molar-refractivity contribution in [1.82, 2.24) is 10.2 Å². The van der Waals surface area contributed by atoms with Gasteiger partial charge in [0.15, 0.2) is 0 Å². The maximum atomic E-state index is 12.6. The van der Waals surface area contributed by atoms with Crippen LogP contribution in [0.5, 0.6) is 0 Å². The number of rotatable bonds is 3. The molecule has 1 saturated heterocycles. The van der Waals surface area contributed by atoms with Crippen molar-refractivity contribution >= 4 is 11.8 Å². The standard InChI is InChI=1S/C16H20F3N3O2/c17-16(18,19)10-22-7-3-4-11(12(22)23)21-13(24)15(9-20)8-14(15)5-1-2-6-14/h11H,1-8,10H2,(H,21,24). The van der Waals surface area contributed by atoms with Crippen molar-refractivity contribution < 1.29 is 22.8 Å². The molecule has 2 saturated carbocycles. The molecule has 3 aliphatic rings. The van der Waals surface area contributed by atoms with Crippen LogP contribution in [-0.2, 0) is 9.59 Å². The van der Waals surface area contributed by atoms with E-state index in [4.69, 9.17) is 0 Å². The number of nitrogens with zero attached hydrogens (tertiary/aromatic N) is 2. The first-order chi connectivity index (χ1) is 11.2. The summed E-state index contributed by atoms with van der Waals surface area (Å²) in [4.78, 5) is 25.6. The highest BCUT2D eigenvalue weighted by atomic mass is 19.4. The number of halogens is 3. The molecule has 8 heteroatoms. The molecule has 2 unspecified atom stereocenters. The van der Waals surface area contributed by atoms with Crippen molar-refractivity contribution in [3.8, 4) is 6.07 Å². The zero-order valence-corrected chi connectivity index (χ0v) is 13.3. The average molecular weight is 343 g/mol. The van der Waals surface area contributed by atoms with Gasteiger partial charge in [-0.05, 0) is 32.1 Å². The summed E-state index contributed by atoms with van der Waals surface area (Å²) in [7, 11) is 0. The lowest BCUT2D eigenvalue weighted by molar-refractivity contribution is -0.165. The SMILES string of the molecule is N#CC1(C(=O)NC2CCCN(CC(F)(F)F)C2=O)CC12CCCC2. The molecule has 0 aromatic heterocycles. The minimum atomic E-state index is -4.46. The summed E-state index contributed by atoms with van der Waals surface area (Å²) in [6.45, 7) is -1.26. The maximum Gasteiger partial charge on any atom is 0.406 e. The fourth-order valence-corrected chi connectivity index (χ4v) is 4.38. The first-order valence-electron chi connectivity index (χ1n) is 8.31. The number of carbonyl (C=O) groups is 2. The third-order valence-electron chi connectivity index (χ3n) is 5.73. The number of hydrogen-bond acceptors (Lipinski definition) is 3. The second-order valence-electron chi connectivity index (χ2n) is 7.22. The van der Waals surface area contributed by atoms with Gasteiger partial charge < -0.3 is 10.2 Å². The van der Waals surface area contributed by atoms with E-state index in [-0.39, 0.29) is 12.0 Å². The Bertz CT molecular complexity index is 592. The lowest BCUT2D eigenvalue weighted by Crippen LogP contribution is -2.55. The summed E-state index contributed by atoms with van der Waals surface area (Å²) < 4.78 is 37.6. The molecule has 24 heavy (non-hydrogen) atoms. The topological polar surface area (TPSA) is 73.2 Å². The Hall–Kier alpha value is -1.78.